The largest absolute Gasteiger partial charge is 0.497 e. The summed E-state index contributed by atoms with van der Waals surface area (Å²) in [4.78, 5) is 12.4. The zero-order valence-corrected chi connectivity index (χ0v) is 16.9. The Balaban J connectivity index is 2.15. The molecule has 0 aliphatic rings. The van der Waals surface area contributed by atoms with E-state index in [9.17, 15) is 13.2 Å². The van der Waals surface area contributed by atoms with Crippen molar-refractivity contribution in [3.05, 3.63) is 53.1 Å². The van der Waals surface area contributed by atoms with E-state index in [2.05, 4.69) is 17.0 Å². The van der Waals surface area contributed by atoms with E-state index in [1.807, 2.05) is 0 Å². The summed E-state index contributed by atoms with van der Waals surface area (Å²) in [6.07, 6.45) is 2.96. The van der Waals surface area contributed by atoms with Crippen molar-refractivity contribution in [2.24, 2.45) is 0 Å². The Morgan fingerprint density at radius 1 is 1.11 bits per heavy atom. The molecule has 0 radical (unpaired) electrons. The van der Waals surface area contributed by atoms with Crippen LogP contribution in [0.2, 0.25) is 5.02 Å². The van der Waals surface area contributed by atoms with E-state index in [4.69, 9.17) is 16.3 Å². The summed E-state index contributed by atoms with van der Waals surface area (Å²) < 4.78 is 32.5. The number of amides is 1. The topological polar surface area (TPSA) is 84.5 Å². The summed E-state index contributed by atoms with van der Waals surface area (Å²) in [5.74, 6) is 0.226. The van der Waals surface area contributed by atoms with Gasteiger partial charge in [-0.3, -0.25) is 9.52 Å². The number of hydrogen-bond acceptors (Lipinski definition) is 4. The van der Waals surface area contributed by atoms with Gasteiger partial charge in [-0.05, 0) is 48.9 Å². The van der Waals surface area contributed by atoms with Gasteiger partial charge < -0.3 is 10.1 Å². The SMILES string of the molecule is CCCCCNC(=O)c1cc(NS(=O)(=O)c2ccc(OC)cc2)ccc1Cl. The highest BCUT2D eigenvalue weighted by Crippen LogP contribution is 2.24. The molecule has 0 unspecified atom stereocenters. The van der Waals surface area contributed by atoms with E-state index < -0.39 is 10.0 Å². The summed E-state index contributed by atoms with van der Waals surface area (Å²) in [5.41, 5.74) is 0.483. The van der Waals surface area contributed by atoms with Crippen molar-refractivity contribution in [1.29, 1.82) is 0 Å². The van der Waals surface area contributed by atoms with E-state index in [1.54, 1.807) is 12.1 Å². The van der Waals surface area contributed by atoms with Crippen LogP contribution in [0.15, 0.2) is 47.4 Å². The Morgan fingerprint density at radius 3 is 2.44 bits per heavy atom. The second-order valence-corrected chi connectivity index (χ2v) is 8.03. The number of anilines is 1. The van der Waals surface area contributed by atoms with Gasteiger partial charge >= 0.3 is 0 Å². The number of ether oxygens (including phenoxy) is 1. The maximum Gasteiger partial charge on any atom is 0.261 e. The predicted molar refractivity (Wildman–Crippen MR) is 107 cm³/mol. The van der Waals surface area contributed by atoms with Crippen LogP contribution in [0.3, 0.4) is 0 Å². The molecule has 0 bridgehead atoms. The molecule has 0 aliphatic carbocycles. The summed E-state index contributed by atoms with van der Waals surface area (Å²) in [7, 11) is -2.29. The minimum atomic E-state index is -3.80. The number of carbonyl (C=O) groups is 1. The highest BCUT2D eigenvalue weighted by molar-refractivity contribution is 7.92. The maximum absolute atomic E-state index is 12.5. The van der Waals surface area contributed by atoms with Gasteiger partial charge in [-0.15, -0.1) is 0 Å². The third kappa shape index (κ3) is 5.87. The Hall–Kier alpha value is -2.25. The second kappa shape index (κ2) is 9.62. The average molecular weight is 411 g/mol. The summed E-state index contributed by atoms with van der Waals surface area (Å²) in [6, 6.07) is 10.4. The number of carbonyl (C=O) groups excluding carboxylic acids is 1. The second-order valence-electron chi connectivity index (χ2n) is 5.94. The van der Waals surface area contributed by atoms with Gasteiger partial charge in [-0.1, -0.05) is 31.4 Å². The lowest BCUT2D eigenvalue weighted by atomic mass is 10.2. The van der Waals surface area contributed by atoms with Gasteiger partial charge in [-0.25, -0.2) is 8.42 Å². The molecule has 0 spiro atoms. The fraction of sp³-hybridized carbons (Fsp3) is 0.316. The van der Waals surface area contributed by atoms with E-state index in [1.165, 1.54) is 37.4 Å². The number of nitrogens with one attached hydrogen (secondary N) is 2. The summed E-state index contributed by atoms with van der Waals surface area (Å²) >= 11 is 6.10. The average Bonchev–Trinajstić information content (AvgIpc) is 2.66. The van der Waals surface area contributed by atoms with Crippen molar-refractivity contribution in [2.45, 2.75) is 31.1 Å². The summed E-state index contributed by atoms with van der Waals surface area (Å²) in [6.45, 7) is 2.63. The van der Waals surface area contributed by atoms with Crippen LogP contribution >= 0.6 is 11.6 Å². The highest BCUT2D eigenvalue weighted by atomic mass is 35.5. The van der Waals surface area contributed by atoms with Crippen LogP contribution in [0.5, 0.6) is 5.75 Å². The lowest BCUT2D eigenvalue weighted by Crippen LogP contribution is -2.25. The zero-order valence-electron chi connectivity index (χ0n) is 15.3. The van der Waals surface area contributed by atoms with Crippen molar-refractivity contribution in [3.63, 3.8) is 0 Å². The van der Waals surface area contributed by atoms with Crippen LogP contribution in [0.25, 0.3) is 0 Å². The fourth-order valence-electron chi connectivity index (χ4n) is 2.40. The number of hydrogen-bond donors (Lipinski definition) is 2. The number of methoxy groups -OCH3 is 1. The molecular weight excluding hydrogens is 388 g/mol. The Kier molecular flexibility index (Phi) is 7.50. The van der Waals surface area contributed by atoms with Crippen LogP contribution < -0.4 is 14.8 Å². The molecule has 6 nitrogen and oxygen atoms in total. The van der Waals surface area contributed by atoms with Gasteiger partial charge in [0.1, 0.15) is 5.75 Å². The van der Waals surface area contributed by atoms with Crippen LogP contribution in [0, 0.1) is 0 Å². The van der Waals surface area contributed by atoms with Crippen molar-refractivity contribution < 1.29 is 17.9 Å². The third-order valence-electron chi connectivity index (χ3n) is 3.90. The molecule has 0 fully saturated rings. The lowest BCUT2D eigenvalue weighted by molar-refractivity contribution is 0.0953. The lowest BCUT2D eigenvalue weighted by Gasteiger charge is -2.11. The Bertz CT molecular complexity index is 883. The number of rotatable bonds is 9. The normalized spacial score (nSPS) is 11.1. The number of halogens is 1. The van der Waals surface area contributed by atoms with Gasteiger partial charge in [-0.2, -0.15) is 0 Å². The number of unbranched alkanes of at least 4 members (excludes halogenated alkanes) is 2. The minimum Gasteiger partial charge on any atom is -0.497 e. The molecule has 0 aliphatic heterocycles. The number of benzene rings is 2. The van der Waals surface area contributed by atoms with Gasteiger partial charge in [0.15, 0.2) is 0 Å². The molecule has 0 aromatic heterocycles. The van der Waals surface area contributed by atoms with Gasteiger partial charge in [0.25, 0.3) is 15.9 Å². The molecule has 0 atom stereocenters. The van der Waals surface area contributed by atoms with Gasteiger partial charge in [0.2, 0.25) is 0 Å². The molecule has 2 aromatic carbocycles. The molecule has 2 aromatic rings. The Morgan fingerprint density at radius 2 is 1.81 bits per heavy atom. The van der Waals surface area contributed by atoms with Crippen LogP contribution in [0.1, 0.15) is 36.5 Å². The highest BCUT2D eigenvalue weighted by Gasteiger charge is 2.17. The zero-order chi connectivity index (χ0) is 19.9. The molecule has 0 heterocycles. The quantitative estimate of drug-likeness (QED) is 0.610. The monoisotopic (exact) mass is 410 g/mol. The standard InChI is InChI=1S/C19H23ClN2O4S/c1-3-4-5-12-21-19(23)17-13-14(6-11-18(17)20)22-27(24,25)16-9-7-15(26-2)8-10-16/h6-11,13,22H,3-5,12H2,1-2H3,(H,21,23). The van der Waals surface area contributed by atoms with E-state index in [0.717, 1.165) is 19.3 Å². The molecule has 146 valence electrons. The van der Waals surface area contributed by atoms with E-state index >= 15 is 0 Å². The third-order valence-corrected chi connectivity index (χ3v) is 5.63. The first-order valence-electron chi connectivity index (χ1n) is 8.62. The maximum atomic E-state index is 12.5. The molecule has 0 saturated heterocycles. The van der Waals surface area contributed by atoms with Gasteiger partial charge in [0, 0.05) is 12.2 Å². The molecule has 2 rings (SSSR count). The van der Waals surface area contributed by atoms with Crippen molar-refractivity contribution >= 4 is 33.2 Å². The van der Waals surface area contributed by atoms with Crippen molar-refractivity contribution in [3.8, 4) is 5.75 Å². The van der Waals surface area contributed by atoms with Crippen molar-refractivity contribution in [2.75, 3.05) is 18.4 Å². The molecule has 27 heavy (non-hydrogen) atoms. The van der Waals surface area contributed by atoms with Crippen LogP contribution in [-0.4, -0.2) is 28.0 Å². The molecule has 0 saturated carbocycles. The fourth-order valence-corrected chi connectivity index (χ4v) is 3.66. The van der Waals surface area contributed by atoms with E-state index in [-0.39, 0.29) is 27.1 Å². The predicted octanol–water partition coefficient (Wildman–Crippen LogP) is 4.07. The summed E-state index contributed by atoms with van der Waals surface area (Å²) in [5, 5.41) is 3.05. The molecule has 2 N–H and O–H groups in total. The Labute approximate surface area is 164 Å². The first-order chi connectivity index (χ1) is 12.9. The van der Waals surface area contributed by atoms with Crippen LogP contribution in [0.4, 0.5) is 5.69 Å². The molecule has 8 heteroatoms. The smallest absolute Gasteiger partial charge is 0.261 e. The van der Waals surface area contributed by atoms with E-state index in [0.29, 0.717) is 12.3 Å². The first kappa shape index (κ1) is 21.1. The molecular formula is C19H23ClN2O4S. The van der Waals surface area contributed by atoms with Crippen LogP contribution in [-0.2, 0) is 10.0 Å². The van der Waals surface area contributed by atoms with Crippen molar-refractivity contribution in [1.82, 2.24) is 5.32 Å². The number of sulfonamides is 1. The first-order valence-corrected chi connectivity index (χ1v) is 10.5. The molecule has 1 amide bonds. The minimum absolute atomic E-state index is 0.0869. The van der Waals surface area contributed by atoms with Gasteiger partial charge in [0.05, 0.1) is 22.6 Å².